The molecule has 98 valence electrons. The van der Waals surface area contributed by atoms with Gasteiger partial charge in [0.1, 0.15) is 0 Å². The summed E-state index contributed by atoms with van der Waals surface area (Å²) >= 11 is 0. The third kappa shape index (κ3) is 1.89. The molecule has 0 amide bonds. The molecular formula is C14H16F2O2. The minimum atomic E-state index is -1.25. The fraction of sp³-hybridized carbons (Fsp3) is 0.500. The van der Waals surface area contributed by atoms with Crippen LogP contribution in [0.3, 0.4) is 0 Å². The van der Waals surface area contributed by atoms with E-state index in [1.54, 1.807) is 0 Å². The predicted molar refractivity (Wildman–Crippen MR) is 63.5 cm³/mol. The normalized spacial score (nSPS) is 18.6. The summed E-state index contributed by atoms with van der Waals surface area (Å²) in [6.07, 6.45) is 3.18. The van der Waals surface area contributed by atoms with Gasteiger partial charge >= 0.3 is 5.97 Å². The molecule has 0 saturated heterocycles. The number of aryl methyl sites for hydroxylation is 1. The largest absolute Gasteiger partial charge is 0.481 e. The number of benzene rings is 1. The Morgan fingerprint density at radius 3 is 2.33 bits per heavy atom. The van der Waals surface area contributed by atoms with Crippen LogP contribution in [0.1, 0.15) is 43.2 Å². The molecule has 0 heterocycles. The molecule has 2 nitrogen and oxygen atoms in total. The van der Waals surface area contributed by atoms with Gasteiger partial charge in [0.15, 0.2) is 11.6 Å². The van der Waals surface area contributed by atoms with Gasteiger partial charge in [0.05, 0.1) is 5.41 Å². The van der Waals surface area contributed by atoms with E-state index in [1.807, 2.05) is 0 Å². The lowest BCUT2D eigenvalue weighted by atomic mass is 9.69. The average Bonchev–Trinajstić information content (AvgIpc) is 2.37. The lowest BCUT2D eigenvalue weighted by Crippen LogP contribution is -2.39. The van der Waals surface area contributed by atoms with Crippen molar-refractivity contribution >= 4 is 5.97 Å². The van der Waals surface area contributed by atoms with E-state index < -0.39 is 23.0 Å². The van der Waals surface area contributed by atoms with Gasteiger partial charge in [-0.2, -0.15) is 0 Å². The van der Waals surface area contributed by atoms with Crippen LogP contribution >= 0.6 is 0 Å². The molecule has 1 aliphatic carbocycles. The summed E-state index contributed by atoms with van der Waals surface area (Å²) < 4.78 is 27.6. The highest BCUT2D eigenvalue weighted by Crippen LogP contribution is 2.41. The molecule has 1 N–H and O–H groups in total. The first-order chi connectivity index (χ1) is 8.49. The van der Waals surface area contributed by atoms with Crippen LogP contribution < -0.4 is 0 Å². The standard InChI is InChI=1S/C14H16F2O2/c1-9-5-6-10(12(16)11(9)15)14(13(17)18)7-3-2-4-8-14/h5-6H,2-4,7-8H2,1H3,(H,17,18). The zero-order chi connectivity index (χ0) is 13.3. The van der Waals surface area contributed by atoms with Crippen molar-refractivity contribution in [2.24, 2.45) is 0 Å². The maximum atomic E-state index is 14.0. The molecule has 0 radical (unpaired) electrons. The quantitative estimate of drug-likeness (QED) is 0.876. The highest BCUT2D eigenvalue weighted by molar-refractivity contribution is 5.81. The van der Waals surface area contributed by atoms with Gasteiger partial charge in [0, 0.05) is 5.56 Å². The Balaban J connectivity index is 2.56. The SMILES string of the molecule is Cc1ccc(C2(C(=O)O)CCCCC2)c(F)c1F. The first kappa shape index (κ1) is 13.0. The van der Waals surface area contributed by atoms with Gasteiger partial charge in [-0.1, -0.05) is 31.4 Å². The number of carbonyl (C=O) groups is 1. The van der Waals surface area contributed by atoms with Gasteiger partial charge < -0.3 is 5.11 Å². The molecule has 1 fully saturated rings. The number of rotatable bonds is 2. The van der Waals surface area contributed by atoms with Crippen molar-refractivity contribution in [2.75, 3.05) is 0 Å². The van der Waals surface area contributed by atoms with Crippen LogP contribution in [0.2, 0.25) is 0 Å². The van der Waals surface area contributed by atoms with Crippen molar-refractivity contribution in [2.45, 2.75) is 44.4 Å². The molecule has 4 heteroatoms. The van der Waals surface area contributed by atoms with E-state index in [-0.39, 0.29) is 11.1 Å². The lowest BCUT2D eigenvalue weighted by molar-refractivity contribution is -0.145. The summed E-state index contributed by atoms with van der Waals surface area (Å²) in [5, 5.41) is 9.44. The van der Waals surface area contributed by atoms with Crippen LogP contribution in [-0.2, 0) is 10.2 Å². The Morgan fingerprint density at radius 2 is 1.78 bits per heavy atom. The molecule has 0 aliphatic heterocycles. The maximum absolute atomic E-state index is 14.0. The zero-order valence-corrected chi connectivity index (χ0v) is 10.3. The van der Waals surface area contributed by atoms with Crippen LogP contribution in [0.25, 0.3) is 0 Å². The summed E-state index contributed by atoms with van der Waals surface area (Å²) in [5.41, 5.74) is -1.05. The summed E-state index contributed by atoms with van der Waals surface area (Å²) in [4.78, 5) is 11.5. The fourth-order valence-corrected chi connectivity index (χ4v) is 2.77. The molecule has 1 aliphatic rings. The van der Waals surface area contributed by atoms with Crippen LogP contribution in [0.5, 0.6) is 0 Å². The number of carboxylic acids is 1. The maximum Gasteiger partial charge on any atom is 0.314 e. The van der Waals surface area contributed by atoms with E-state index >= 15 is 0 Å². The van der Waals surface area contributed by atoms with Gasteiger partial charge in [-0.05, 0) is 25.3 Å². The Morgan fingerprint density at radius 1 is 1.17 bits per heavy atom. The number of hydrogen-bond acceptors (Lipinski definition) is 1. The number of hydrogen-bond donors (Lipinski definition) is 1. The fourth-order valence-electron chi connectivity index (χ4n) is 2.77. The van der Waals surface area contributed by atoms with Crippen molar-refractivity contribution in [3.8, 4) is 0 Å². The van der Waals surface area contributed by atoms with E-state index in [9.17, 15) is 18.7 Å². The lowest BCUT2D eigenvalue weighted by Gasteiger charge is -2.34. The minimum Gasteiger partial charge on any atom is -0.481 e. The van der Waals surface area contributed by atoms with Gasteiger partial charge in [-0.25, -0.2) is 8.78 Å². The Bertz CT molecular complexity index is 477. The Labute approximate surface area is 105 Å². The Kier molecular flexibility index (Phi) is 3.37. The molecule has 2 rings (SSSR count). The third-order valence-electron chi connectivity index (χ3n) is 3.91. The minimum absolute atomic E-state index is 0.00204. The van der Waals surface area contributed by atoms with Crippen molar-refractivity contribution in [1.82, 2.24) is 0 Å². The predicted octanol–water partition coefficient (Wildman–Crippen LogP) is 3.56. The molecule has 0 bridgehead atoms. The molecular weight excluding hydrogens is 238 g/mol. The van der Waals surface area contributed by atoms with Crippen molar-refractivity contribution in [1.29, 1.82) is 0 Å². The monoisotopic (exact) mass is 254 g/mol. The Hall–Kier alpha value is -1.45. The summed E-state index contributed by atoms with van der Waals surface area (Å²) in [6.45, 7) is 1.47. The van der Waals surface area contributed by atoms with Crippen LogP contribution in [-0.4, -0.2) is 11.1 Å². The van der Waals surface area contributed by atoms with Gasteiger partial charge in [-0.3, -0.25) is 4.79 Å². The second kappa shape index (κ2) is 4.67. The van der Waals surface area contributed by atoms with E-state index in [0.717, 1.165) is 19.3 Å². The number of carboxylic acid groups (broad SMARTS) is 1. The van der Waals surface area contributed by atoms with Crippen LogP contribution in [0.4, 0.5) is 8.78 Å². The molecule has 18 heavy (non-hydrogen) atoms. The molecule has 0 aromatic heterocycles. The number of aliphatic carboxylic acids is 1. The summed E-state index contributed by atoms with van der Waals surface area (Å²) in [5.74, 6) is -2.98. The molecule has 1 aromatic carbocycles. The average molecular weight is 254 g/mol. The number of halogens is 2. The van der Waals surface area contributed by atoms with Crippen molar-refractivity contribution in [3.05, 3.63) is 34.9 Å². The van der Waals surface area contributed by atoms with Crippen molar-refractivity contribution < 1.29 is 18.7 Å². The molecule has 1 saturated carbocycles. The van der Waals surface area contributed by atoms with Crippen molar-refractivity contribution in [3.63, 3.8) is 0 Å². The molecule has 1 aromatic rings. The first-order valence-electron chi connectivity index (χ1n) is 6.17. The highest BCUT2D eigenvalue weighted by Gasteiger charge is 2.43. The summed E-state index contributed by atoms with van der Waals surface area (Å²) in [6, 6.07) is 2.88. The van der Waals surface area contributed by atoms with Gasteiger partial charge in [0.2, 0.25) is 0 Å². The first-order valence-corrected chi connectivity index (χ1v) is 6.17. The van der Waals surface area contributed by atoms with Crippen LogP contribution in [0, 0.1) is 18.6 Å². The van der Waals surface area contributed by atoms with E-state index in [2.05, 4.69) is 0 Å². The molecule has 0 spiro atoms. The second-order valence-corrected chi connectivity index (χ2v) is 5.01. The van der Waals surface area contributed by atoms with Gasteiger partial charge in [-0.15, -0.1) is 0 Å². The van der Waals surface area contributed by atoms with E-state index in [0.29, 0.717) is 12.8 Å². The smallest absolute Gasteiger partial charge is 0.314 e. The summed E-state index contributed by atoms with van der Waals surface area (Å²) in [7, 11) is 0. The zero-order valence-electron chi connectivity index (χ0n) is 10.3. The highest BCUT2D eigenvalue weighted by atomic mass is 19.2. The molecule has 0 atom stereocenters. The van der Waals surface area contributed by atoms with Gasteiger partial charge in [0.25, 0.3) is 0 Å². The molecule has 0 unspecified atom stereocenters. The topological polar surface area (TPSA) is 37.3 Å². The third-order valence-corrected chi connectivity index (χ3v) is 3.91. The van der Waals surface area contributed by atoms with Crippen LogP contribution in [0.15, 0.2) is 12.1 Å². The second-order valence-electron chi connectivity index (χ2n) is 5.01. The van der Waals surface area contributed by atoms with E-state index in [1.165, 1.54) is 19.1 Å². The van der Waals surface area contributed by atoms with E-state index in [4.69, 9.17) is 0 Å².